The predicted molar refractivity (Wildman–Crippen MR) is 35.8 cm³/mol. The van der Waals surface area contributed by atoms with Crippen molar-refractivity contribution in [2.75, 3.05) is 13.1 Å². The molecule has 0 aromatic carbocycles. The zero-order valence-corrected chi connectivity index (χ0v) is 5.89. The first kappa shape index (κ1) is 9.10. The highest BCUT2D eigenvalue weighted by atomic mass is 16.4. The molecule has 0 spiro atoms. The van der Waals surface area contributed by atoms with Gasteiger partial charge in [-0.25, -0.2) is 4.79 Å². The van der Waals surface area contributed by atoms with Gasteiger partial charge in [0.2, 0.25) is 5.78 Å². The lowest BCUT2D eigenvalue weighted by Gasteiger charge is -1.95. The molecule has 0 aliphatic rings. The molecule has 4 nitrogen and oxygen atoms in total. The minimum absolute atomic E-state index is 0.0726. The molecule has 0 aromatic heterocycles. The molecule has 0 atom stereocenters. The second-order valence-corrected chi connectivity index (χ2v) is 1.83. The quantitative estimate of drug-likeness (QED) is 0.409. The van der Waals surface area contributed by atoms with Crippen molar-refractivity contribution < 1.29 is 14.7 Å². The molecule has 4 heteroatoms. The average Bonchev–Trinajstić information content (AvgIpc) is 1.88. The number of carbonyl (C=O) groups is 2. The molecule has 0 aliphatic carbocycles. The highest BCUT2D eigenvalue weighted by Gasteiger charge is 2.08. The molecule has 0 radical (unpaired) electrons. The fourth-order valence-corrected chi connectivity index (χ4v) is 0.486. The van der Waals surface area contributed by atoms with Crippen molar-refractivity contribution in [2.45, 2.75) is 13.3 Å². The Kier molecular flexibility index (Phi) is 4.49. The number of aliphatic carboxylic acids is 1. The van der Waals surface area contributed by atoms with Crippen LogP contribution in [-0.4, -0.2) is 29.9 Å². The van der Waals surface area contributed by atoms with Crippen LogP contribution in [-0.2, 0) is 9.59 Å². The Balaban J connectivity index is 3.31. The van der Waals surface area contributed by atoms with Gasteiger partial charge in [0.1, 0.15) is 0 Å². The van der Waals surface area contributed by atoms with E-state index in [1.165, 1.54) is 0 Å². The fraction of sp³-hybridized carbons (Fsp3) is 0.667. The molecule has 0 bridgehead atoms. The van der Waals surface area contributed by atoms with Crippen LogP contribution >= 0.6 is 0 Å². The van der Waals surface area contributed by atoms with Crippen LogP contribution in [0.3, 0.4) is 0 Å². The Morgan fingerprint density at radius 1 is 1.50 bits per heavy atom. The third-order valence-corrected chi connectivity index (χ3v) is 1.02. The van der Waals surface area contributed by atoms with Crippen LogP contribution in [0.2, 0.25) is 0 Å². The highest BCUT2D eigenvalue weighted by molar-refractivity contribution is 6.32. The second-order valence-electron chi connectivity index (χ2n) is 1.83. The summed E-state index contributed by atoms with van der Waals surface area (Å²) in [5.74, 6) is -2.08. The third kappa shape index (κ3) is 4.03. The Morgan fingerprint density at radius 2 is 2.10 bits per heavy atom. The van der Waals surface area contributed by atoms with Crippen LogP contribution in [0, 0.1) is 0 Å². The van der Waals surface area contributed by atoms with E-state index in [0.717, 1.165) is 6.54 Å². The largest absolute Gasteiger partial charge is 0.476 e. The van der Waals surface area contributed by atoms with E-state index in [1.807, 2.05) is 6.92 Å². The van der Waals surface area contributed by atoms with E-state index in [4.69, 9.17) is 5.11 Å². The number of hydrogen-bond acceptors (Lipinski definition) is 3. The topological polar surface area (TPSA) is 66.4 Å². The summed E-state index contributed by atoms with van der Waals surface area (Å²) in [5, 5.41) is 11.0. The lowest BCUT2D eigenvalue weighted by atomic mass is 10.3. The summed E-state index contributed by atoms with van der Waals surface area (Å²) < 4.78 is 0. The number of nitrogens with one attached hydrogen (secondary N) is 1. The summed E-state index contributed by atoms with van der Waals surface area (Å²) in [7, 11) is 0. The molecule has 10 heavy (non-hydrogen) atoms. The highest BCUT2D eigenvalue weighted by Crippen LogP contribution is 1.79. The lowest BCUT2D eigenvalue weighted by molar-refractivity contribution is -0.149. The summed E-state index contributed by atoms with van der Waals surface area (Å²) in [6, 6.07) is 0. The van der Waals surface area contributed by atoms with E-state index in [-0.39, 0.29) is 6.42 Å². The van der Waals surface area contributed by atoms with Gasteiger partial charge < -0.3 is 10.4 Å². The van der Waals surface area contributed by atoms with Crippen LogP contribution in [0.1, 0.15) is 13.3 Å². The first-order valence-corrected chi connectivity index (χ1v) is 3.15. The molecule has 0 aliphatic heterocycles. The maximum Gasteiger partial charge on any atom is 0.372 e. The van der Waals surface area contributed by atoms with Crippen LogP contribution < -0.4 is 5.32 Å². The maximum absolute atomic E-state index is 10.4. The summed E-state index contributed by atoms with van der Waals surface area (Å²) in [6.45, 7) is 3.10. The van der Waals surface area contributed by atoms with Crippen LogP contribution in [0.5, 0.6) is 0 Å². The molecule has 0 rings (SSSR count). The van der Waals surface area contributed by atoms with Gasteiger partial charge in [-0.2, -0.15) is 0 Å². The summed E-state index contributed by atoms with van der Waals surface area (Å²) >= 11 is 0. The van der Waals surface area contributed by atoms with Crippen molar-refractivity contribution in [3.05, 3.63) is 0 Å². The maximum atomic E-state index is 10.4. The summed E-state index contributed by atoms with van der Waals surface area (Å²) in [4.78, 5) is 20.3. The molecule has 0 saturated heterocycles. The van der Waals surface area contributed by atoms with E-state index >= 15 is 0 Å². The monoisotopic (exact) mass is 145 g/mol. The number of carboxylic acid groups (broad SMARTS) is 1. The summed E-state index contributed by atoms with van der Waals surface area (Å²) in [6.07, 6.45) is 0.0726. The molecular weight excluding hydrogens is 134 g/mol. The second kappa shape index (κ2) is 4.93. The van der Waals surface area contributed by atoms with Gasteiger partial charge in [-0.1, -0.05) is 6.92 Å². The van der Waals surface area contributed by atoms with Crippen LogP contribution in [0.15, 0.2) is 0 Å². The normalized spacial score (nSPS) is 9.30. The minimum Gasteiger partial charge on any atom is -0.476 e. The van der Waals surface area contributed by atoms with Gasteiger partial charge in [-0.3, -0.25) is 4.79 Å². The van der Waals surface area contributed by atoms with Crippen LogP contribution in [0.25, 0.3) is 0 Å². The predicted octanol–water partition coefficient (Wildman–Crippen LogP) is -0.360. The van der Waals surface area contributed by atoms with Crippen molar-refractivity contribution in [1.82, 2.24) is 5.32 Å². The zero-order chi connectivity index (χ0) is 7.98. The molecule has 0 aromatic rings. The number of Topliss-reactive ketones (excluding diaryl/α,β-unsaturated/α-hetero) is 1. The van der Waals surface area contributed by atoms with Crippen molar-refractivity contribution in [3.63, 3.8) is 0 Å². The Labute approximate surface area is 59.2 Å². The summed E-state index contributed by atoms with van der Waals surface area (Å²) in [5.41, 5.74) is 0. The van der Waals surface area contributed by atoms with Gasteiger partial charge in [0, 0.05) is 13.0 Å². The van der Waals surface area contributed by atoms with E-state index in [1.54, 1.807) is 0 Å². The lowest BCUT2D eigenvalue weighted by Crippen LogP contribution is -2.21. The number of hydrogen-bond donors (Lipinski definition) is 2. The fourth-order valence-electron chi connectivity index (χ4n) is 0.486. The molecule has 0 saturated carbocycles. The molecule has 2 N–H and O–H groups in total. The Morgan fingerprint density at radius 3 is 2.50 bits per heavy atom. The molecule has 0 amide bonds. The minimum atomic E-state index is -1.35. The van der Waals surface area contributed by atoms with Gasteiger partial charge >= 0.3 is 5.97 Å². The van der Waals surface area contributed by atoms with Gasteiger partial charge in [0.15, 0.2) is 0 Å². The van der Waals surface area contributed by atoms with Crippen molar-refractivity contribution >= 4 is 11.8 Å². The molecule has 58 valence electrons. The van der Waals surface area contributed by atoms with Crippen molar-refractivity contribution in [2.24, 2.45) is 0 Å². The molecule has 0 fully saturated rings. The Bertz CT molecular complexity index is 133. The van der Waals surface area contributed by atoms with E-state index in [0.29, 0.717) is 6.54 Å². The average molecular weight is 145 g/mol. The molecule has 0 heterocycles. The van der Waals surface area contributed by atoms with E-state index in [2.05, 4.69) is 5.32 Å². The number of carboxylic acids is 1. The zero-order valence-electron chi connectivity index (χ0n) is 5.89. The third-order valence-electron chi connectivity index (χ3n) is 1.02. The van der Waals surface area contributed by atoms with Gasteiger partial charge in [0.05, 0.1) is 0 Å². The van der Waals surface area contributed by atoms with Crippen LogP contribution in [0.4, 0.5) is 0 Å². The first-order chi connectivity index (χ1) is 4.68. The number of ketones is 1. The molecular formula is C6H11NO3. The van der Waals surface area contributed by atoms with E-state index < -0.39 is 11.8 Å². The van der Waals surface area contributed by atoms with Crippen molar-refractivity contribution in [3.8, 4) is 0 Å². The van der Waals surface area contributed by atoms with Gasteiger partial charge in [0.25, 0.3) is 0 Å². The van der Waals surface area contributed by atoms with Gasteiger partial charge in [-0.15, -0.1) is 0 Å². The SMILES string of the molecule is CCNCCC(=O)C(=O)O. The smallest absolute Gasteiger partial charge is 0.372 e. The van der Waals surface area contributed by atoms with E-state index in [9.17, 15) is 9.59 Å². The van der Waals surface area contributed by atoms with Crippen molar-refractivity contribution in [1.29, 1.82) is 0 Å². The van der Waals surface area contributed by atoms with Gasteiger partial charge in [-0.05, 0) is 6.54 Å². The number of carbonyl (C=O) groups excluding carboxylic acids is 1. The standard InChI is InChI=1S/C6H11NO3/c1-2-7-4-3-5(8)6(9)10/h7H,2-4H2,1H3,(H,9,10). The Hall–Kier alpha value is -0.900. The first-order valence-electron chi connectivity index (χ1n) is 3.15. The molecule has 0 unspecified atom stereocenters. The number of rotatable bonds is 5.